The lowest BCUT2D eigenvalue weighted by Crippen LogP contribution is -2.12. The zero-order chi connectivity index (χ0) is 15.4. The lowest BCUT2D eigenvalue weighted by atomic mass is 10.1. The zero-order valence-electron chi connectivity index (χ0n) is 11.9. The van der Waals surface area contributed by atoms with Gasteiger partial charge in [0.05, 0.1) is 11.4 Å². The molecular weight excluding hydrogens is 294 g/mol. The molecule has 0 heterocycles. The third kappa shape index (κ3) is 4.08. The molecule has 0 fully saturated rings. The number of benzene rings is 2. The number of nitrogens with zero attached hydrogens (tertiary/aromatic N) is 1. The first-order valence-electron chi connectivity index (χ1n) is 6.55. The summed E-state index contributed by atoms with van der Waals surface area (Å²) in [4.78, 5) is 1.97. The molecule has 0 amide bonds. The van der Waals surface area contributed by atoms with Crippen molar-refractivity contribution in [1.82, 2.24) is 0 Å². The monoisotopic (exact) mass is 310 g/mol. The van der Waals surface area contributed by atoms with Gasteiger partial charge in [-0.25, -0.2) is 8.78 Å². The first-order valence-corrected chi connectivity index (χ1v) is 6.93. The Labute approximate surface area is 128 Å². The topological polar surface area (TPSA) is 15.3 Å². The highest BCUT2D eigenvalue weighted by molar-refractivity contribution is 6.31. The van der Waals surface area contributed by atoms with Gasteiger partial charge in [-0.1, -0.05) is 29.8 Å². The normalized spacial score (nSPS) is 10.8. The molecule has 0 bridgehead atoms. The van der Waals surface area contributed by atoms with Crippen LogP contribution in [0, 0.1) is 0 Å². The number of alkyl halides is 2. The van der Waals surface area contributed by atoms with E-state index in [4.69, 9.17) is 11.6 Å². The van der Waals surface area contributed by atoms with Crippen molar-refractivity contribution in [2.75, 3.05) is 24.3 Å². The van der Waals surface area contributed by atoms with Crippen LogP contribution >= 0.6 is 11.6 Å². The maximum Gasteiger partial charge on any atom is 0.263 e. The number of anilines is 2. The molecule has 0 radical (unpaired) electrons. The van der Waals surface area contributed by atoms with Gasteiger partial charge in [-0.05, 0) is 29.8 Å². The quantitative estimate of drug-likeness (QED) is 0.840. The summed E-state index contributed by atoms with van der Waals surface area (Å²) in [5.41, 5.74) is 2.70. The fraction of sp³-hybridized carbons (Fsp3) is 0.250. The van der Waals surface area contributed by atoms with Gasteiger partial charge in [0, 0.05) is 31.2 Å². The standard InChI is InChI=1S/C16H17ClF2N2/c1-21(2)15-7-6-13(17)9-14(15)20-10-11-4-3-5-12(8-11)16(18)19/h3-9,16,20H,10H2,1-2H3. The van der Waals surface area contributed by atoms with E-state index in [9.17, 15) is 8.78 Å². The van der Waals surface area contributed by atoms with Gasteiger partial charge in [-0.15, -0.1) is 0 Å². The van der Waals surface area contributed by atoms with Gasteiger partial charge < -0.3 is 10.2 Å². The molecular formula is C16H17ClF2N2. The van der Waals surface area contributed by atoms with Crippen molar-refractivity contribution < 1.29 is 8.78 Å². The van der Waals surface area contributed by atoms with Crippen LogP contribution in [-0.2, 0) is 6.54 Å². The summed E-state index contributed by atoms with van der Waals surface area (Å²) in [6.45, 7) is 0.460. The maximum absolute atomic E-state index is 12.7. The van der Waals surface area contributed by atoms with Crippen LogP contribution < -0.4 is 10.2 Å². The van der Waals surface area contributed by atoms with Crippen LogP contribution in [0.2, 0.25) is 5.02 Å². The van der Waals surface area contributed by atoms with Crippen molar-refractivity contribution in [3.8, 4) is 0 Å². The lowest BCUT2D eigenvalue weighted by Gasteiger charge is -2.19. The van der Waals surface area contributed by atoms with Crippen molar-refractivity contribution in [2.45, 2.75) is 13.0 Å². The van der Waals surface area contributed by atoms with Gasteiger partial charge in [0.1, 0.15) is 0 Å². The molecule has 0 aliphatic rings. The van der Waals surface area contributed by atoms with E-state index in [0.717, 1.165) is 16.9 Å². The van der Waals surface area contributed by atoms with Crippen molar-refractivity contribution in [1.29, 1.82) is 0 Å². The van der Waals surface area contributed by atoms with Crippen molar-refractivity contribution in [3.63, 3.8) is 0 Å². The summed E-state index contributed by atoms with van der Waals surface area (Å²) in [5, 5.41) is 3.88. The second-order valence-electron chi connectivity index (χ2n) is 4.96. The van der Waals surface area contributed by atoms with Gasteiger partial charge in [0.15, 0.2) is 0 Å². The smallest absolute Gasteiger partial charge is 0.263 e. The summed E-state index contributed by atoms with van der Waals surface area (Å²) in [6, 6.07) is 12.0. The molecule has 5 heteroatoms. The summed E-state index contributed by atoms with van der Waals surface area (Å²) in [7, 11) is 3.87. The number of halogens is 3. The first-order chi connectivity index (χ1) is 9.97. The fourth-order valence-electron chi connectivity index (χ4n) is 2.08. The Hall–Kier alpha value is -1.81. The third-order valence-electron chi connectivity index (χ3n) is 3.13. The van der Waals surface area contributed by atoms with E-state index < -0.39 is 6.43 Å². The highest BCUT2D eigenvalue weighted by atomic mass is 35.5. The van der Waals surface area contributed by atoms with E-state index >= 15 is 0 Å². The van der Waals surface area contributed by atoms with Crippen LogP contribution in [0.1, 0.15) is 17.6 Å². The van der Waals surface area contributed by atoms with Gasteiger partial charge >= 0.3 is 0 Å². The lowest BCUT2D eigenvalue weighted by molar-refractivity contribution is 0.151. The highest BCUT2D eigenvalue weighted by Crippen LogP contribution is 2.28. The van der Waals surface area contributed by atoms with Crippen LogP contribution in [0.5, 0.6) is 0 Å². The second-order valence-corrected chi connectivity index (χ2v) is 5.39. The first kappa shape index (κ1) is 15.6. The van der Waals surface area contributed by atoms with Crippen molar-refractivity contribution >= 4 is 23.0 Å². The average molecular weight is 311 g/mol. The molecule has 0 saturated carbocycles. The molecule has 2 rings (SSSR count). The molecule has 0 atom stereocenters. The van der Waals surface area contributed by atoms with Gasteiger partial charge in [-0.3, -0.25) is 0 Å². The van der Waals surface area contributed by atoms with Crippen LogP contribution in [0.4, 0.5) is 20.2 Å². The average Bonchev–Trinajstić information content (AvgIpc) is 2.45. The molecule has 112 valence electrons. The summed E-state index contributed by atoms with van der Waals surface area (Å²) in [6.07, 6.45) is -2.45. The molecule has 0 spiro atoms. The summed E-state index contributed by atoms with van der Waals surface area (Å²) in [5.74, 6) is 0. The SMILES string of the molecule is CN(C)c1ccc(Cl)cc1NCc1cccc(C(F)F)c1. The molecule has 0 unspecified atom stereocenters. The van der Waals surface area contributed by atoms with Crippen molar-refractivity contribution in [3.05, 3.63) is 58.6 Å². The molecule has 0 aliphatic carbocycles. The third-order valence-corrected chi connectivity index (χ3v) is 3.36. The van der Waals surface area contributed by atoms with E-state index in [-0.39, 0.29) is 5.56 Å². The van der Waals surface area contributed by atoms with Crippen LogP contribution in [-0.4, -0.2) is 14.1 Å². The molecule has 0 aromatic heterocycles. The number of rotatable bonds is 5. The molecule has 2 aromatic carbocycles. The Morgan fingerprint density at radius 3 is 2.57 bits per heavy atom. The Morgan fingerprint density at radius 2 is 1.90 bits per heavy atom. The highest BCUT2D eigenvalue weighted by Gasteiger charge is 2.08. The Balaban J connectivity index is 2.16. The zero-order valence-corrected chi connectivity index (χ0v) is 12.7. The Bertz CT molecular complexity index is 615. The summed E-state index contributed by atoms with van der Waals surface area (Å²) >= 11 is 6.01. The molecule has 2 nitrogen and oxygen atoms in total. The predicted octanol–water partition coefficient (Wildman–Crippen LogP) is 4.96. The van der Waals surface area contributed by atoms with Crippen LogP contribution in [0.3, 0.4) is 0 Å². The van der Waals surface area contributed by atoms with Crippen LogP contribution in [0.15, 0.2) is 42.5 Å². The molecule has 21 heavy (non-hydrogen) atoms. The number of hydrogen-bond donors (Lipinski definition) is 1. The van der Waals surface area contributed by atoms with Gasteiger partial charge in [0.2, 0.25) is 0 Å². The van der Waals surface area contributed by atoms with Crippen LogP contribution in [0.25, 0.3) is 0 Å². The van der Waals surface area contributed by atoms with E-state index in [2.05, 4.69) is 5.32 Å². The largest absolute Gasteiger partial charge is 0.379 e. The van der Waals surface area contributed by atoms with E-state index in [1.165, 1.54) is 12.1 Å². The van der Waals surface area contributed by atoms with Crippen molar-refractivity contribution in [2.24, 2.45) is 0 Å². The maximum atomic E-state index is 12.7. The minimum absolute atomic E-state index is 0.0354. The van der Waals surface area contributed by atoms with Gasteiger partial charge in [0.25, 0.3) is 6.43 Å². The molecule has 0 saturated heterocycles. The number of hydrogen-bond acceptors (Lipinski definition) is 2. The molecule has 2 aromatic rings. The molecule has 1 N–H and O–H groups in total. The minimum atomic E-state index is -2.45. The fourth-order valence-corrected chi connectivity index (χ4v) is 2.25. The predicted molar refractivity (Wildman–Crippen MR) is 84.5 cm³/mol. The summed E-state index contributed by atoms with van der Waals surface area (Å²) < 4.78 is 25.4. The Kier molecular flexibility index (Phi) is 5.02. The van der Waals surface area contributed by atoms with E-state index in [1.54, 1.807) is 6.07 Å². The minimum Gasteiger partial charge on any atom is -0.379 e. The Morgan fingerprint density at radius 1 is 1.14 bits per heavy atom. The number of nitrogens with one attached hydrogen (secondary N) is 1. The van der Waals surface area contributed by atoms with Gasteiger partial charge in [-0.2, -0.15) is 0 Å². The second kappa shape index (κ2) is 6.76. The van der Waals surface area contributed by atoms with E-state index in [1.807, 2.05) is 43.3 Å². The van der Waals surface area contributed by atoms with E-state index in [0.29, 0.717) is 11.6 Å². The molecule has 0 aliphatic heterocycles.